The van der Waals surface area contributed by atoms with E-state index < -0.39 is 0 Å². The van der Waals surface area contributed by atoms with Crippen LogP contribution in [0.2, 0.25) is 0 Å². The summed E-state index contributed by atoms with van der Waals surface area (Å²) in [7, 11) is 1.62. The number of aromatic amines is 1. The molecular weight excluding hydrogens is 280 g/mol. The lowest BCUT2D eigenvalue weighted by atomic mass is 10.1. The number of ether oxygens (including phenoxy) is 1. The Morgan fingerprint density at radius 1 is 1.14 bits per heavy atom. The summed E-state index contributed by atoms with van der Waals surface area (Å²) in [4.78, 5) is 4.46. The van der Waals surface area contributed by atoms with E-state index in [4.69, 9.17) is 9.26 Å². The normalized spacial score (nSPS) is 11.0. The van der Waals surface area contributed by atoms with E-state index >= 15 is 0 Å². The summed E-state index contributed by atoms with van der Waals surface area (Å²) >= 11 is 0. The monoisotopic (exact) mass is 292 g/mol. The van der Waals surface area contributed by atoms with Crippen LogP contribution in [0.1, 0.15) is 0 Å². The molecule has 0 aliphatic carbocycles. The average Bonchev–Trinajstić information content (AvgIpc) is 3.23. The van der Waals surface area contributed by atoms with Crippen molar-refractivity contribution in [2.75, 3.05) is 7.11 Å². The molecule has 0 spiro atoms. The van der Waals surface area contributed by atoms with Gasteiger partial charge in [0.2, 0.25) is 5.82 Å². The van der Waals surface area contributed by atoms with Crippen molar-refractivity contribution >= 4 is 10.9 Å². The summed E-state index contributed by atoms with van der Waals surface area (Å²) in [6.07, 6.45) is 1.76. The fourth-order valence-electron chi connectivity index (χ4n) is 2.36. The summed E-state index contributed by atoms with van der Waals surface area (Å²) in [5, 5.41) is 12.0. The van der Waals surface area contributed by atoms with E-state index in [1.54, 1.807) is 13.3 Å². The Balaban J connectivity index is 1.77. The SMILES string of the molecule is COc1ccccc1-c1noc(-c2ccc3[nH]ncc3c2)n1. The Morgan fingerprint density at radius 3 is 2.95 bits per heavy atom. The molecule has 4 aromatic rings. The van der Waals surface area contributed by atoms with Gasteiger partial charge >= 0.3 is 0 Å². The third kappa shape index (κ3) is 2.01. The Labute approximate surface area is 125 Å². The molecule has 6 heteroatoms. The first-order valence-electron chi connectivity index (χ1n) is 6.76. The summed E-state index contributed by atoms with van der Waals surface area (Å²) in [5.41, 5.74) is 2.61. The molecule has 0 bridgehead atoms. The van der Waals surface area contributed by atoms with E-state index in [1.165, 1.54) is 0 Å². The van der Waals surface area contributed by atoms with Crippen LogP contribution in [-0.2, 0) is 0 Å². The van der Waals surface area contributed by atoms with Gasteiger partial charge in [-0.15, -0.1) is 0 Å². The average molecular weight is 292 g/mol. The smallest absolute Gasteiger partial charge is 0.258 e. The number of fused-ring (bicyclic) bond motifs is 1. The number of nitrogens with one attached hydrogen (secondary N) is 1. The van der Waals surface area contributed by atoms with E-state index in [1.807, 2.05) is 42.5 Å². The molecule has 0 saturated carbocycles. The van der Waals surface area contributed by atoms with Crippen molar-refractivity contribution < 1.29 is 9.26 Å². The number of rotatable bonds is 3. The highest BCUT2D eigenvalue weighted by molar-refractivity contribution is 5.82. The molecule has 0 saturated heterocycles. The van der Waals surface area contributed by atoms with E-state index in [9.17, 15) is 0 Å². The Morgan fingerprint density at radius 2 is 2.05 bits per heavy atom. The summed E-state index contributed by atoms with van der Waals surface area (Å²) in [6.45, 7) is 0. The van der Waals surface area contributed by atoms with E-state index in [0.717, 1.165) is 22.0 Å². The lowest BCUT2D eigenvalue weighted by Crippen LogP contribution is -1.88. The van der Waals surface area contributed by atoms with Crippen LogP contribution < -0.4 is 4.74 Å². The second-order valence-electron chi connectivity index (χ2n) is 4.80. The summed E-state index contributed by atoms with van der Waals surface area (Å²) < 4.78 is 10.7. The van der Waals surface area contributed by atoms with Crippen molar-refractivity contribution in [3.63, 3.8) is 0 Å². The molecule has 2 aromatic heterocycles. The minimum absolute atomic E-state index is 0.462. The van der Waals surface area contributed by atoms with Gasteiger partial charge in [0.05, 0.1) is 24.4 Å². The maximum absolute atomic E-state index is 5.38. The fraction of sp³-hybridized carbons (Fsp3) is 0.0625. The number of para-hydroxylation sites is 1. The lowest BCUT2D eigenvalue weighted by molar-refractivity contribution is 0.413. The zero-order valence-corrected chi connectivity index (χ0v) is 11.8. The van der Waals surface area contributed by atoms with Crippen LogP contribution in [0.5, 0.6) is 5.75 Å². The Hall–Kier alpha value is -3.15. The van der Waals surface area contributed by atoms with Gasteiger partial charge in [0.15, 0.2) is 0 Å². The molecule has 0 unspecified atom stereocenters. The topological polar surface area (TPSA) is 76.8 Å². The van der Waals surface area contributed by atoms with E-state index in [-0.39, 0.29) is 0 Å². The quantitative estimate of drug-likeness (QED) is 0.627. The highest BCUT2D eigenvalue weighted by Gasteiger charge is 2.14. The minimum atomic E-state index is 0.462. The first-order valence-corrected chi connectivity index (χ1v) is 6.76. The van der Waals surface area contributed by atoms with Gasteiger partial charge in [0.25, 0.3) is 5.89 Å². The number of hydrogen-bond donors (Lipinski definition) is 1. The maximum Gasteiger partial charge on any atom is 0.258 e. The summed E-state index contributed by atoms with van der Waals surface area (Å²) in [5.74, 6) is 1.67. The molecule has 4 rings (SSSR count). The third-order valence-electron chi connectivity index (χ3n) is 3.46. The van der Waals surface area contributed by atoms with Crippen LogP contribution in [0.15, 0.2) is 53.2 Å². The predicted molar refractivity (Wildman–Crippen MR) is 81.4 cm³/mol. The molecule has 6 nitrogen and oxygen atoms in total. The Bertz CT molecular complexity index is 942. The first kappa shape index (κ1) is 12.6. The van der Waals surface area contributed by atoms with Crippen LogP contribution >= 0.6 is 0 Å². The van der Waals surface area contributed by atoms with Gasteiger partial charge < -0.3 is 9.26 Å². The molecule has 0 atom stereocenters. The molecule has 2 heterocycles. The van der Waals surface area contributed by atoms with Gasteiger partial charge in [0.1, 0.15) is 5.75 Å². The van der Waals surface area contributed by atoms with Crippen LogP contribution in [0.4, 0.5) is 0 Å². The largest absolute Gasteiger partial charge is 0.496 e. The minimum Gasteiger partial charge on any atom is -0.496 e. The Kier molecular flexibility index (Phi) is 2.86. The van der Waals surface area contributed by atoms with Crippen LogP contribution in [0.3, 0.4) is 0 Å². The molecule has 22 heavy (non-hydrogen) atoms. The molecule has 0 amide bonds. The molecular formula is C16H12N4O2. The van der Waals surface area contributed by atoms with Crippen molar-refractivity contribution in [1.82, 2.24) is 20.3 Å². The first-order chi connectivity index (χ1) is 10.8. The maximum atomic E-state index is 5.38. The van der Waals surface area contributed by atoms with Crippen molar-refractivity contribution in [3.05, 3.63) is 48.7 Å². The highest BCUT2D eigenvalue weighted by atomic mass is 16.5. The zero-order valence-electron chi connectivity index (χ0n) is 11.8. The van der Waals surface area contributed by atoms with Gasteiger partial charge in [-0.05, 0) is 30.3 Å². The molecule has 108 valence electrons. The van der Waals surface area contributed by atoms with Gasteiger partial charge in [-0.3, -0.25) is 5.10 Å². The van der Waals surface area contributed by atoms with Gasteiger partial charge in [0, 0.05) is 10.9 Å². The number of aromatic nitrogens is 4. The van der Waals surface area contributed by atoms with Crippen molar-refractivity contribution in [2.24, 2.45) is 0 Å². The standard InChI is InChI=1S/C16H12N4O2/c1-21-14-5-3-2-4-12(14)15-18-16(22-20-15)10-6-7-13-11(8-10)9-17-19-13/h2-9H,1H3,(H,17,19). The van der Waals surface area contributed by atoms with Gasteiger partial charge in [-0.2, -0.15) is 10.1 Å². The number of nitrogens with zero attached hydrogens (tertiary/aromatic N) is 3. The van der Waals surface area contributed by atoms with Gasteiger partial charge in [-0.1, -0.05) is 17.3 Å². The second kappa shape index (κ2) is 5.00. The fourth-order valence-corrected chi connectivity index (χ4v) is 2.36. The molecule has 2 aromatic carbocycles. The molecule has 1 N–H and O–H groups in total. The van der Waals surface area contributed by atoms with Gasteiger partial charge in [-0.25, -0.2) is 0 Å². The van der Waals surface area contributed by atoms with Crippen LogP contribution in [0.25, 0.3) is 33.7 Å². The summed E-state index contributed by atoms with van der Waals surface area (Å²) in [6, 6.07) is 13.4. The molecule has 0 fully saturated rings. The zero-order chi connectivity index (χ0) is 14.9. The van der Waals surface area contributed by atoms with Crippen LogP contribution in [0, 0.1) is 0 Å². The second-order valence-corrected chi connectivity index (χ2v) is 4.80. The number of hydrogen-bond acceptors (Lipinski definition) is 5. The van der Waals surface area contributed by atoms with Crippen molar-refractivity contribution in [1.29, 1.82) is 0 Å². The van der Waals surface area contributed by atoms with E-state index in [0.29, 0.717) is 17.5 Å². The third-order valence-corrected chi connectivity index (χ3v) is 3.46. The lowest BCUT2D eigenvalue weighted by Gasteiger charge is -2.03. The molecule has 0 aliphatic heterocycles. The highest BCUT2D eigenvalue weighted by Crippen LogP contribution is 2.29. The van der Waals surface area contributed by atoms with Crippen molar-refractivity contribution in [2.45, 2.75) is 0 Å². The molecule has 0 radical (unpaired) electrons. The number of H-pyrrole nitrogens is 1. The van der Waals surface area contributed by atoms with Crippen molar-refractivity contribution in [3.8, 4) is 28.6 Å². The molecule has 0 aliphatic rings. The van der Waals surface area contributed by atoms with Crippen LogP contribution in [-0.4, -0.2) is 27.4 Å². The number of benzene rings is 2. The number of methoxy groups -OCH3 is 1. The predicted octanol–water partition coefficient (Wildman–Crippen LogP) is 3.29. The van der Waals surface area contributed by atoms with E-state index in [2.05, 4.69) is 20.3 Å².